The first kappa shape index (κ1) is 19.2. The molecule has 0 radical (unpaired) electrons. The van der Waals surface area contributed by atoms with Crippen LogP contribution in [0.25, 0.3) is 6.08 Å². The summed E-state index contributed by atoms with van der Waals surface area (Å²) in [4.78, 5) is 19.4. The quantitative estimate of drug-likeness (QED) is 0.703. The van der Waals surface area contributed by atoms with Gasteiger partial charge in [0.05, 0.1) is 12.8 Å². The second-order valence-corrected chi connectivity index (χ2v) is 7.55. The van der Waals surface area contributed by atoms with Crippen molar-refractivity contribution in [2.45, 2.75) is 20.3 Å². The topological polar surface area (TPSA) is 41.9 Å². The number of ether oxygens (including phenoxy) is 1. The molecule has 1 heterocycles. The van der Waals surface area contributed by atoms with Crippen LogP contribution in [-0.4, -0.2) is 35.4 Å². The number of hydrogen-bond donors (Lipinski definition) is 0. The summed E-state index contributed by atoms with van der Waals surface area (Å²) < 4.78 is 5.23. The predicted molar refractivity (Wildman–Crippen MR) is 114 cm³/mol. The highest BCUT2D eigenvalue weighted by Crippen LogP contribution is 2.26. The Bertz CT molecular complexity index is 890. The first-order valence-corrected chi connectivity index (χ1v) is 9.98. The molecule has 5 heteroatoms. The van der Waals surface area contributed by atoms with Crippen LogP contribution >= 0.6 is 11.8 Å². The summed E-state index contributed by atoms with van der Waals surface area (Å²) in [5.41, 5.74) is 4.13. The summed E-state index contributed by atoms with van der Waals surface area (Å²) >= 11 is 1.64. The zero-order chi connectivity index (χ0) is 19.2. The van der Waals surface area contributed by atoms with Gasteiger partial charge in [-0.15, -0.1) is 0 Å². The molecule has 0 N–H and O–H groups in total. The second kappa shape index (κ2) is 8.91. The average molecular weight is 381 g/mol. The molecule has 1 aliphatic heterocycles. The summed E-state index contributed by atoms with van der Waals surface area (Å²) in [7, 11) is 1.63. The average Bonchev–Trinajstić information content (AvgIpc) is 2.69. The molecule has 4 nitrogen and oxygen atoms in total. The lowest BCUT2D eigenvalue weighted by atomic mass is 10.1. The molecule has 27 heavy (non-hydrogen) atoms. The van der Waals surface area contributed by atoms with Crippen LogP contribution in [0.15, 0.2) is 53.5 Å². The fourth-order valence-corrected chi connectivity index (χ4v) is 3.76. The maximum absolute atomic E-state index is 12.8. The molecule has 0 saturated carbocycles. The molecule has 0 spiro atoms. The van der Waals surface area contributed by atoms with Crippen molar-refractivity contribution >= 4 is 34.6 Å². The molecule has 140 valence electrons. The number of aliphatic imine (C=N–C) groups is 1. The molecule has 0 atom stereocenters. The van der Waals surface area contributed by atoms with Gasteiger partial charge in [0.25, 0.3) is 5.91 Å². The van der Waals surface area contributed by atoms with Gasteiger partial charge in [-0.3, -0.25) is 9.69 Å². The molecule has 1 fully saturated rings. The number of rotatable bonds is 4. The number of amides is 1. The lowest BCUT2D eigenvalue weighted by Gasteiger charge is -2.27. The van der Waals surface area contributed by atoms with E-state index in [1.165, 1.54) is 0 Å². The Hall–Kier alpha value is -2.53. The van der Waals surface area contributed by atoms with E-state index in [9.17, 15) is 4.79 Å². The van der Waals surface area contributed by atoms with Crippen LogP contribution < -0.4 is 4.74 Å². The number of benzene rings is 2. The van der Waals surface area contributed by atoms with Gasteiger partial charge in [0.15, 0.2) is 5.17 Å². The zero-order valence-electron chi connectivity index (χ0n) is 15.9. The lowest BCUT2D eigenvalue weighted by molar-refractivity contribution is -0.122. The number of carbonyl (C=O) groups is 1. The Morgan fingerprint density at radius 3 is 2.89 bits per heavy atom. The van der Waals surface area contributed by atoms with Gasteiger partial charge >= 0.3 is 0 Å². The zero-order valence-corrected chi connectivity index (χ0v) is 16.8. The lowest BCUT2D eigenvalue weighted by Crippen LogP contribution is -2.38. The minimum Gasteiger partial charge on any atom is -0.497 e. The van der Waals surface area contributed by atoms with Crippen LogP contribution in [-0.2, 0) is 4.79 Å². The van der Waals surface area contributed by atoms with Crippen molar-refractivity contribution < 1.29 is 9.53 Å². The van der Waals surface area contributed by atoms with Gasteiger partial charge in [-0.05, 0) is 61.2 Å². The van der Waals surface area contributed by atoms with Gasteiger partial charge in [0.1, 0.15) is 5.75 Å². The number of thioether (sulfide) groups is 1. The fourth-order valence-electron chi connectivity index (χ4n) is 2.80. The number of methoxy groups -OCH3 is 1. The van der Waals surface area contributed by atoms with Crippen LogP contribution in [0.2, 0.25) is 0 Å². The van der Waals surface area contributed by atoms with E-state index < -0.39 is 0 Å². The Labute approximate surface area is 164 Å². The summed E-state index contributed by atoms with van der Waals surface area (Å²) in [6.07, 6.45) is 4.40. The van der Waals surface area contributed by atoms with Gasteiger partial charge < -0.3 is 4.74 Å². The molecule has 3 rings (SSSR count). The predicted octanol–water partition coefficient (Wildman–Crippen LogP) is 4.98. The van der Waals surface area contributed by atoms with Crippen molar-refractivity contribution in [3.8, 4) is 5.75 Å². The third-order valence-electron chi connectivity index (χ3n) is 4.35. The fraction of sp³-hybridized carbons (Fsp3) is 0.273. The second-order valence-electron chi connectivity index (χ2n) is 6.49. The number of nitrogens with zero attached hydrogens (tertiary/aromatic N) is 2. The Balaban J connectivity index is 1.82. The number of amidine groups is 1. The van der Waals surface area contributed by atoms with Gasteiger partial charge in [0, 0.05) is 18.4 Å². The van der Waals surface area contributed by atoms with E-state index in [1.807, 2.05) is 37.3 Å². The Morgan fingerprint density at radius 2 is 2.07 bits per heavy atom. The summed E-state index contributed by atoms with van der Waals surface area (Å²) in [5.74, 6) is 1.71. The van der Waals surface area contributed by atoms with Crippen molar-refractivity contribution in [2.24, 2.45) is 4.99 Å². The summed E-state index contributed by atoms with van der Waals surface area (Å²) in [5, 5.41) is 0.773. The van der Waals surface area contributed by atoms with Crippen molar-refractivity contribution in [3.05, 3.63) is 65.2 Å². The van der Waals surface area contributed by atoms with Crippen molar-refractivity contribution in [3.63, 3.8) is 0 Å². The Kier molecular flexibility index (Phi) is 6.35. The van der Waals surface area contributed by atoms with Crippen LogP contribution in [0, 0.1) is 13.8 Å². The van der Waals surface area contributed by atoms with E-state index in [2.05, 4.69) is 25.1 Å². The smallest absolute Gasteiger partial charge is 0.252 e. The molecule has 1 aliphatic rings. The molecular formula is C22H24N2O2S. The van der Waals surface area contributed by atoms with Crippen molar-refractivity contribution in [2.75, 3.05) is 19.4 Å². The highest BCUT2D eigenvalue weighted by molar-refractivity contribution is 8.13. The van der Waals surface area contributed by atoms with E-state index in [4.69, 9.17) is 9.73 Å². The molecule has 1 saturated heterocycles. The van der Waals surface area contributed by atoms with Gasteiger partial charge in [-0.25, -0.2) is 4.99 Å². The number of hydrogen-bond acceptors (Lipinski definition) is 4. The summed E-state index contributed by atoms with van der Waals surface area (Å²) in [6.45, 7) is 4.79. The minimum absolute atomic E-state index is 0.0472. The molecule has 0 aromatic heterocycles. The molecular weight excluding hydrogens is 356 g/mol. The van der Waals surface area contributed by atoms with Crippen LogP contribution in [0.1, 0.15) is 23.1 Å². The molecule has 2 aromatic rings. The maximum atomic E-state index is 12.8. The van der Waals surface area contributed by atoms with Gasteiger partial charge in [-0.1, -0.05) is 36.0 Å². The highest BCUT2D eigenvalue weighted by Gasteiger charge is 2.22. The molecule has 2 aromatic carbocycles. The Morgan fingerprint density at radius 1 is 1.22 bits per heavy atom. The van der Waals surface area contributed by atoms with Crippen LogP contribution in [0.4, 0.5) is 5.69 Å². The van der Waals surface area contributed by atoms with Crippen LogP contribution in [0.5, 0.6) is 5.75 Å². The monoisotopic (exact) mass is 380 g/mol. The first-order chi connectivity index (χ1) is 13.1. The molecule has 0 aliphatic carbocycles. The van der Waals surface area contributed by atoms with E-state index in [-0.39, 0.29) is 5.91 Å². The van der Waals surface area contributed by atoms with Crippen LogP contribution in [0.3, 0.4) is 0 Å². The highest BCUT2D eigenvalue weighted by atomic mass is 32.2. The largest absolute Gasteiger partial charge is 0.497 e. The van der Waals surface area contributed by atoms with E-state index >= 15 is 0 Å². The van der Waals surface area contributed by atoms with Gasteiger partial charge in [-0.2, -0.15) is 0 Å². The standard InChI is InChI=1S/C22H24N2O2S/c1-16-8-9-17(2)20(14-16)23-22-24(12-5-13-27-22)21(25)11-10-18-6-4-7-19(15-18)26-3/h4,6-11,14-15H,5,12-13H2,1-3H3/b11-10+,23-22?. The minimum atomic E-state index is -0.0472. The molecule has 0 unspecified atom stereocenters. The number of aryl methyl sites for hydroxylation is 2. The maximum Gasteiger partial charge on any atom is 0.252 e. The van der Waals surface area contributed by atoms with Gasteiger partial charge in [0.2, 0.25) is 0 Å². The van der Waals surface area contributed by atoms with Crippen molar-refractivity contribution in [1.82, 2.24) is 4.90 Å². The number of carbonyl (C=O) groups excluding carboxylic acids is 1. The third-order valence-corrected chi connectivity index (χ3v) is 5.41. The van der Waals surface area contributed by atoms with Crippen molar-refractivity contribution in [1.29, 1.82) is 0 Å². The SMILES string of the molecule is COc1cccc(/C=C/C(=O)N2CCCSC2=Nc2cc(C)ccc2C)c1. The van der Waals surface area contributed by atoms with E-state index in [0.717, 1.165) is 45.5 Å². The van der Waals surface area contributed by atoms with E-state index in [1.54, 1.807) is 29.8 Å². The molecule has 1 amide bonds. The molecule has 0 bridgehead atoms. The third kappa shape index (κ3) is 5.01. The summed E-state index contributed by atoms with van der Waals surface area (Å²) in [6, 6.07) is 13.8. The first-order valence-electron chi connectivity index (χ1n) is 8.99. The normalized spacial score (nSPS) is 16.1. The van der Waals surface area contributed by atoms with E-state index in [0.29, 0.717) is 6.54 Å².